The van der Waals surface area contributed by atoms with Gasteiger partial charge in [-0.3, -0.25) is 0 Å². The minimum Gasteiger partial charge on any atom is -0.358 e. The summed E-state index contributed by atoms with van der Waals surface area (Å²) in [7, 11) is 0. The Labute approximate surface area is 204 Å². The second kappa shape index (κ2) is 9.41. The van der Waals surface area contributed by atoms with Crippen molar-refractivity contribution in [2.24, 2.45) is 0 Å². The summed E-state index contributed by atoms with van der Waals surface area (Å²) in [5, 5.41) is 18.6. The zero-order valence-electron chi connectivity index (χ0n) is 19.5. The quantitative estimate of drug-likeness (QED) is 0.322. The van der Waals surface area contributed by atoms with Crippen molar-refractivity contribution >= 4 is 22.5 Å². The van der Waals surface area contributed by atoms with Gasteiger partial charge in [-0.25, -0.2) is 0 Å². The average molecular weight is 471 g/mol. The molecule has 7 heteroatoms. The van der Waals surface area contributed by atoms with Crippen LogP contribution in [0.25, 0.3) is 16.6 Å². The van der Waals surface area contributed by atoms with E-state index in [0.29, 0.717) is 5.02 Å². The highest BCUT2D eigenvalue weighted by molar-refractivity contribution is 6.30. The normalized spacial score (nSPS) is 12.4. The summed E-state index contributed by atoms with van der Waals surface area (Å²) in [5.41, 5.74) is 8.01. The lowest BCUT2D eigenvalue weighted by atomic mass is 10.0. The third-order valence-electron chi connectivity index (χ3n) is 6.36. The van der Waals surface area contributed by atoms with Crippen molar-refractivity contribution in [2.45, 2.75) is 33.2 Å². The second-order valence-electron chi connectivity index (χ2n) is 8.65. The van der Waals surface area contributed by atoms with Gasteiger partial charge < -0.3 is 10.3 Å². The van der Waals surface area contributed by atoms with Crippen LogP contribution in [-0.2, 0) is 6.42 Å². The van der Waals surface area contributed by atoms with Gasteiger partial charge >= 0.3 is 0 Å². The summed E-state index contributed by atoms with van der Waals surface area (Å²) in [4.78, 5) is 3.49. The molecule has 0 unspecified atom stereocenters. The van der Waals surface area contributed by atoms with E-state index in [4.69, 9.17) is 11.6 Å². The summed E-state index contributed by atoms with van der Waals surface area (Å²) < 4.78 is 1.86. The maximum Gasteiger partial charge on any atom is 0.178 e. The molecule has 2 N–H and O–H groups in total. The molecule has 172 valence electrons. The Bertz CT molecular complexity index is 1410. The summed E-state index contributed by atoms with van der Waals surface area (Å²) in [6, 6.07) is 22.3. The molecule has 0 aliphatic carbocycles. The summed E-state index contributed by atoms with van der Waals surface area (Å²) in [6.07, 6.45) is 0.880. The van der Waals surface area contributed by atoms with Crippen LogP contribution < -0.4 is 5.32 Å². The Morgan fingerprint density at radius 3 is 2.44 bits per heavy atom. The van der Waals surface area contributed by atoms with Gasteiger partial charge in [-0.1, -0.05) is 60.1 Å². The van der Waals surface area contributed by atoms with Gasteiger partial charge in [0, 0.05) is 28.2 Å². The van der Waals surface area contributed by atoms with E-state index < -0.39 is 0 Å². The highest BCUT2D eigenvalue weighted by atomic mass is 35.5. The first-order valence-electron chi connectivity index (χ1n) is 11.4. The molecular weight excluding hydrogens is 444 g/mol. The predicted molar refractivity (Wildman–Crippen MR) is 137 cm³/mol. The molecule has 0 aliphatic rings. The molecule has 5 rings (SSSR count). The first-order chi connectivity index (χ1) is 16.5. The number of hydrogen-bond acceptors (Lipinski definition) is 4. The zero-order valence-corrected chi connectivity index (χ0v) is 20.3. The Morgan fingerprint density at radius 1 is 0.941 bits per heavy atom. The molecule has 2 heterocycles. The van der Waals surface area contributed by atoms with Gasteiger partial charge in [-0.2, -0.15) is 4.68 Å². The van der Waals surface area contributed by atoms with E-state index in [1.165, 1.54) is 22.2 Å². The lowest BCUT2D eigenvalue weighted by Gasteiger charge is -2.20. The highest BCUT2D eigenvalue weighted by Crippen LogP contribution is 2.27. The fraction of sp³-hybridized carbons (Fsp3) is 0.222. The number of nitrogens with zero attached hydrogens (tertiary/aromatic N) is 4. The Balaban J connectivity index is 1.49. The molecule has 0 spiro atoms. The van der Waals surface area contributed by atoms with Gasteiger partial charge in [0.25, 0.3) is 0 Å². The number of aromatic nitrogens is 5. The second-order valence-corrected chi connectivity index (χ2v) is 9.09. The molecule has 1 atom stereocenters. The van der Waals surface area contributed by atoms with Crippen LogP contribution in [-0.4, -0.2) is 31.7 Å². The van der Waals surface area contributed by atoms with Gasteiger partial charge in [-0.05, 0) is 78.1 Å². The summed E-state index contributed by atoms with van der Waals surface area (Å²) >= 11 is 6.19. The maximum atomic E-state index is 6.19. The lowest BCUT2D eigenvalue weighted by molar-refractivity contribution is 0.562. The van der Waals surface area contributed by atoms with Crippen molar-refractivity contribution in [3.63, 3.8) is 0 Å². The van der Waals surface area contributed by atoms with E-state index in [1.54, 1.807) is 0 Å². The number of nitrogens with one attached hydrogen (secondary N) is 2. The molecule has 0 radical (unpaired) electrons. The van der Waals surface area contributed by atoms with Crippen LogP contribution in [0.15, 0.2) is 66.7 Å². The number of hydrogen-bond donors (Lipinski definition) is 2. The SMILES string of the molecule is Cc1cccc(C)c1-n1nnnc1[C@H](NCCc1c(C)[nH]c2ccccc12)c1ccc(Cl)cc1. The van der Waals surface area contributed by atoms with Gasteiger partial charge in [0.2, 0.25) is 0 Å². The fourth-order valence-electron chi connectivity index (χ4n) is 4.68. The first kappa shape index (κ1) is 22.3. The molecule has 0 fully saturated rings. The molecule has 0 saturated carbocycles. The summed E-state index contributed by atoms with van der Waals surface area (Å²) in [5.74, 6) is 0.746. The van der Waals surface area contributed by atoms with Gasteiger partial charge in [0.15, 0.2) is 5.82 Å². The summed E-state index contributed by atoms with van der Waals surface area (Å²) in [6.45, 7) is 7.06. The van der Waals surface area contributed by atoms with Crippen LogP contribution in [0.4, 0.5) is 0 Å². The topological polar surface area (TPSA) is 71.4 Å². The minimum absolute atomic E-state index is 0.197. The number of para-hydroxylation sites is 2. The van der Waals surface area contributed by atoms with E-state index in [1.807, 2.05) is 28.9 Å². The first-order valence-corrected chi connectivity index (χ1v) is 11.8. The number of halogens is 1. The Hall–Kier alpha value is -3.48. The molecule has 3 aromatic carbocycles. The molecule has 0 amide bonds. The fourth-order valence-corrected chi connectivity index (χ4v) is 4.81. The van der Waals surface area contributed by atoms with Crippen molar-refractivity contribution in [2.75, 3.05) is 6.54 Å². The minimum atomic E-state index is -0.197. The van der Waals surface area contributed by atoms with Crippen molar-refractivity contribution in [3.8, 4) is 5.69 Å². The van der Waals surface area contributed by atoms with Crippen molar-refractivity contribution in [1.82, 2.24) is 30.5 Å². The third kappa shape index (κ3) is 4.22. The standard InChI is InChI=1S/C27H27ClN6/c1-17-7-6-8-18(2)26(17)34-27(31-32-33-34)25(20-11-13-21(28)14-12-20)29-16-15-22-19(3)30-24-10-5-4-9-23(22)24/h4-14,25,29-30H,15-16H2,1-3H3/t25-/m1/s1. The van der Waals surface area contributed by atoms with Crippen LogP contribution in [0.3, 0.4) is 0 Å². The third-order valence-corrected chi connectivity index (χ3v) is 6.61. The number of benzene rings is 3. The van der Waals surface area contributed by atoms with Crippen LogP contribution in [0.5, 0.6) is 0 Å². The molecule has 6 nitrogen and oxygen atoms in total. The number of tetrazole rings is 1. The monoisotopic (exact) mass is 470 g/mol. The number of aromatic amines is 1. The van der Waals surface area contributed by atoms with E-state index >= 15 is 0 Å². The van der Waals surface area contributed by atoms with E-state index in [9.17, 15) is 0 Å². The average Bonchev–Trinajstić information content (AvgIpc) is 3.42. The van der Waals surface area contributed by atoms with Crippen LogP contribution in [0, 0.1) is 20.8 Å². The van der Waals surface area contributed by atoms with E-state index in [2.05, 4.69) is 89.1 Å². The molecule has 34 heavy (non-hydrogen) atoms. The molecule has 5 aromatic rings. The highest BCUT2D eigenvalue weighted by Gasteiger charge is 2.23. The van der Waals surface area contributed by atoms with Crippen LogP contribution >= 0.6 is 11.6 Å². The molecular formula is C27H27ClN6. The molecule has 0 bridgehead atoms. The van der Waals surface area contributed by atoms with Crippen molar-refractivity contribution in [1.29, 1.82) is 0 Å². The van der Waals surface area contributed by atoms with E-state index in [0.717, 1.165) is 41.2 Å². The van der Waals surface area contributed by atoms with Crippen LogP contribution in [0.1, 0.15) is 39.8 Å². The van der Waals surface area contributed by atoms with Crippen molar-refractivity contribution in [3.05, 3.63) is 106 Å². The Kier molecular flexibility index (Phi) is 6.18. The maximum absolute atomic E-state index is 6.19. The van der Waals surface area contributed by atoms with Gasteiger partial charge in [0.1, 0.15) is 0 Å². The predicted octanol–water partition coefficient (Wildman–Crippen LogP) is 5.64. The molecule has 2 aromatic heterocycles. The van der Waals surface area contributed by atoms with Gasteiger partial charge in [0.05, 0.1) is 11.7 Å². The number of H-pyrrole nitrogens is 1. The smallest absolute Gasteiger partial charge is 0.178 e. The van der Waals surface area contributed by atoms with Crippen molar-refractivity contribution < 1.29 is 0 Å². The van der Waals surface area contributed by atoms with Crippen LogP contribution in [0.2, 0.25) is 5.02 Å². The molecule has 0 aliphatic heterocycles. The van der Waals surface area contributed by atoms with Gasteiger partial charge in [-0.15, -0.1) is 5.10 Å². The molecule has 0 saturated heterocycles. The number of aryl methyl sites for hydroxylation is 3. The number of fused-ring (bicyclic) bond motifs is 1. The van der Waals surface area contributed by atoms with E-state index in [-0.39, 0.29) is 6.04 Å². The largest absolute Gasteiger partial charge is 0.358 e. The zero-order chi connectivity index (χ0) is 23.7. The number of rotatable bonds is 7. The lowest BCUT2D eigenvalue weighted by Crippen LogP contribution is -2.28. The Morgan fingerprint density at radius 2 is 1.68 bits per heavy atom.